The first-order valence-corrected chi connectivity index (χ1v) is 15.4. The Bertz CT molecular complexity index is 1070. The molecule has 1 heterocycles. The average Bonchev–Trinajstić information content (AvgIpc) is 2.96. The van der Waals surface area contributed by atoms with Crippen molar-refractivity contribution in [1.29, 1.82) is 0 Å². The molecule has 2 rings (SSSR count). The van der Waals surface area contributed by atoms with E-state index >= 15 is 0 Å². The van der Waals surface area contributed by atoms with Gasteiger partial charge in [-0.1, -0.05) is 84.7 Å². The monoisotopic (exact) mass is 601 g/mol. The highest BCUT2D eigenvalue weighted by Gasteiger charge is 2.36. The molecule has 0 aliphatic carbocycles. The van der Waals surface area contributed by atoms with Crippen molar-refractivity contribution >= 4 is 29.4 Å². The van der Waals surface area contributed by atoms with Crippen LogP contribution in [0.5, 0.6) is 0 Å². The molecule has 1 aromatic carbocycles. The fraction of sp³-hybridized carbons (Fsp3) is 0.656. The highest BCUT2D eigenvalue weighted by Crippen LogP contribution is 2.20. The Hall–Kier alpha value is -3.31. The molecule has 0 aromatic heterocycles. The second-order valence-electron chi connectivity index (χ2n) is 12.7. The van der Waals surface area contributed by atoms with Crippen LogP contribution < -0.4 is 21.3 Å². The Kier molecular flexibility index (Phi) is 14.8. The lowest BCUT2D eigenvalue weighted by Crippen LogP contribution is -2.60. The van der Waals surface area contributed by atoms with Gasteiger partial charge >= 0.3 is 0 Å². The van der Waals surface area contributed by atoms with Crippen molar-refractivity contribution in [3.05, 3.63) is 35.9 Å². The van der Waals surface area contributed by atoms with E-state index in [9.17, 15) is 24.0 Å². The molecule has 1 saturated heterocycles. The standard InChI is InChI=1S/C32H51N5O6/c1-7-8-14-24(27(39)30(41)33-20-23-12-10-9-11-13-23)34-29(40)25(19-22(2)3)35-31(42)28(32(4,5)6)36-26(38)21-37-15-17-43-18-16-37/h9-13,22,24-25,28H,7-8,14-21H2,1-6H3,(H,33,41)(H,34,40)(H,35,42)(H,36,38). The number of hydrogen-bond donors (Lipinski definition) is 4. The summed E-state index contributed by atoms with van der Waals surface area (Å²) in [5.74, 6) is -2.77. The van der Waals surface area contributed by atoms with E-state index in [1.165, 1.54) is 0 Å². The summed E-state index contributed by atoms with van der Waals surface area (Å²) >= 11 is 0. The molecule has 1 aliphatic heterocycles. The van der Waals surface area contributed by atoms with E-state index in [2.05, 4.69) is 21.3 Å². The molecule has 0 radical (unpaired) electrons. The Morgan fingerprint density at radius 1 is 0.907 bits per heavy atom. The van der Waals surface area contributed by atoms with E-state index in [0.29, 0.717) is 45.6 Å². The fourth-order valence-electron chi connectivity index (χ4n) is 4.78. The first kappa shape index (κ1) is 35.9. The molecular formula is C32H51N5O6. The molecule has 0 spiro atoms. The summed E-state index contributed by atoms with van der Waals surface area (Å²) in [6.07, 6.45) is 2.01. The Morgan fingerprint density at radius 2 is 1.53 bits per heavy atom. The topological polar surface area (TPSA) is 146 Å². The number of ketones is 1. The van der Waals surface area contributed by atoms with Crippen molar-refractivity contribution in [3.63, 3.8) is 0 Å². The first-order chi connectivity index (χ1) is 20.3. The van der Waals surface area contributed by atoms with Crippen LogP contribution in [0.25, 0.3) is 0 Å². The average molecular weight is 602 g/mol. The van der Waals surface area contributed by atoms with Gasteiger partial charge in [-0.2, -0.15) is 0 Å². The number of carbonyl (C=O) groups is 5. The highest BCUT2D eigenvalue weighted by molar-refractivity contribution is 6.38. The number of nitrogens with zero attached hydrogens (tertiary/aromatic N) is 1. The number of Topliss-reactive ketones (excluding diaryl/α,β-unsaturated/α-hetero) is 1. The van der Waals surface area contributed by atoms with E-state index in [1.807, 2.05) is 76.8 Å². The van der Waals surface area contributed by atoms with Crippen LogP contribution in [-0.4, -0.2) is 85.3 Å². The number of ether oxygens (including phenoxy) is 1. The maximum atomic E-state index is 13.6. The number of hydrogen-bond acceptors (Lipinski definition) is 7. The van der Waals surface area contributed by atoms with Gasteiger partial charge in [-0.15, -0.1) is 0 Å². The zero-order valence-corrected chi connectivity index (χ0v) is 26.7. The smallest absolute Gasteiger partial charge is 0.289 e. The number of rotatable bonds is 16. The second-order valence-corrected chi connectivity index (χ2v) is 12.7. The van der Waals surface area contributed by atoms with Gasteiger partial charge in [0.05, 0.1) is 25.8 Å². The summed E-state index contributed by atoms with van der Waals surface area (Å²) in [6.45, 7) is 14.1. The van der Waals surface area contributed by atoms with Crippen molar-refractivity contribution in [3.8, 4) is 0 Å². The van der Waals surface area contributed by atoms with Crippen LogP contribution in [0.4, 0.5) is 0 Å². The minimum absolute atomic E-state index is 0.0408. The summed E-state index contributed by atoms with van der Waals surface area (Å²) in [5.41, 5.74) is 0.211. The third-order valence-electron chi connectivity index (χ3n) is 7.24. The third-order valence-corrected chi connectivity index (χ3v) is 7.24. The Balaban J connectivity index is 2.12. The van der Waals surface area contributed by atoms with Crippen LogP contribution in [0.15, 0.2) is 30.3 Å². The number of benzene rings is 1. The molecule has 11 nitrogen and oxygen atoms in total. The van der Waals surface area contributed by atoms with Crippen molar-refractivity contribution in [2.24, 2.45) is 11.3 Å². The van der Waals surface area contributed by atoms with E-state index in [1.54, 1.807) is 0 Å². The number of nitrogens with one attached hydrogen (secondary N) is 4. The molecule has 3 atom stereocenters. The molecule has 3 unspecified atom stereocenters. The lowest BCUT2D eigenvalue weighted by atomic mass is 9.85. The molecule has 4 amide bonds. The SMILES string of the molecule is CCCCC(NC(=O)C(CC(C)C)NC(=O)C(NC(=O)CN1CCOCC1)C(C)(C)C)C(=O)C(=O)NCc1ccccc1. The number of unbranched alkanes of at least 4 members (excludes halogenated alkanes) is 1. The largest absolute Gasteiger partial charge is 0.379 e. The van der Waals surface area contributed by atoms with E-state index in [4.69, 9.17) is 4.74 Å². The van der Waals surface area contributed by atoms with Gasteiger partial charge in [0, 0.05) is 19.6 Å². The lowest BCUT2D eigenvalue weighted by molar-refractivity contribution is -0.141. The van der Waals surface area contributed by atoms with Crippen LogP contribution in [0.1, 0.15) is 72.8 Å². The summed E-state index contributed by atoms with van der Waals surface area (Å²) in [4.78, 5) is 67.8. The van der Waals surface area contributed by atoms with Gasteiger partial charge in [-0.25, -0.2) is 0 Å². The molecule has 0 saturated carbocycles. The molecule has 1 aromatic rings. The van der Waals surface area contributed by atoms with Gasteiger partial charge in [0.1, 0.15) is 12.1 Å². The maximum Gasteiger partial charge on any atom is 0.289 e. The summed E-state index contributed by atoms with van der Waals surface area (Å²) in [5, 5.41) is 11.1. The third kappa shape index (κ3) is 12.8. The minimum atomic E-state index is -1.03. The van der Waals surface area contributed by atoms with Crippen LogP contribution in [0.3, 0.4) is 0 Å². The zero-order chi connectivity index (χ0) is 32.0. The summed E-state index contributed by atoms with van der Waals surface area (Å²) in [6, 6.07) is 6.35. The Morgan fingerprint density at radius 3 is 2.12 bits per heavy atom. The molecule has 240 valence electrons. The second kappa shape index (κ2) is 17.7. The van der Waals surface area contributed by atoms with Crippen LogP contribution in [-0.2, 0) is 35.3 Å². The van der Waals surface area contributed by atoms with Gasteiger partial charge in [0.25, 0.3) is 5.91 Å². The van der Waals surface area contributed by atoms with Crippen molar-refractivity contribution < 1.29 is 28.7 Å². The highest BCUT2D eigenvalue weighted by atomic mass is 16.5. The van der Waals surface area contributed by atoms with Gasteiger partial charge < -0.3 is 26.0 Å². The lowest BCUT2D eigenvalue weighted by Gasteiger charge is -2.33. The van der Waals surface area contributed by atoms with Crippen molar-refractivity contribution in [2.75, 3.05) is 32.8 Å². The quantitative estimate of drug-likeness (QED) is 0.212. The summed E-state index contributed by atoms with van der Waals surface area (Å²) in [7, 11) is 0. The molecule has 4 N–H and O–H groups in total. The van der Waals surface area contributed by atoms with Crippen molar-refractivity contribution in [1.82, 2.24) is 26.2 Å². The minimum Gasteiger partial charge on any atom is -0.379 e. The van der Waals surface area contributed by atoms with Gasteiger partial charge in [0.2, 0.25) is 23.5 Å². The number of morpholine rings is 1. The predicted octanol–water partition coefficient (Wildman–Crippen LogP) is 1.94. The normalized spacial score (nSPS) is 16.1. The van der Waals surface area contributed by atoms with E-state index in [0.717, 1.165) is 12.0 Å². The molecule has 11 heteroatoms. The fourth-order valence-corrected chi connectivity index (χ4v) is 4.78. The predicted molar refractivity (Wildman–Crippen MR) is 165 cm³/mol. The molecule has 43 heavy (non-hydrogen) atoms. The first-order valence-electron chi connectivity index (χ1n) is 15.4. The molecule has 1 aliphatic rings. The number of carbonyl (C=O) groups excluding carboxylic acids is 5. The van der Waals surface area contributed by atoms with E-state index < -0.39 is 47.0 Å². The van der Waals surface area contributed by atoms with Gasteiger partial charge in [-0.3, -0.25) is 28.9 Å². The van der Waals surface area contributed by atoms with Crippen LogP contribution >= 0.6 is 0 Å². The number of amides is 4. The molecule has 0 bridgehead atoms. The summed E-state index contributed by atoms with van der Waals surface area (Å²) < 4.78 is 5.34. The Labute approximate surface area is 256 Å². The van der Waals surface area contributed by atoms with Gasteiger partial charge in [-0.05, 0) is 29.7 Å². The van der Waals surface area contributed by atoms with Gasteiger partial charge in [0.15, 0.2) is 0 Å². The molecular weight excluding hydrogens is 550 g/mol. The zero-order valence-electron chi connectivity index (χ0n) is 26.7. The van der Waals surface area contributed by atoms with Crippen LogP contribution in [0, 0.1) is 11.3 Å². The van der Waals surface area contributed by atoms with Crippen molar-refractivity contribution in [2.45, 2.75) is 91.9 Å². The molecule has 1 fully saturated rings. The van der Waals surface area contributed by atoms with E-state index in [-0.39, 0.29) is 24.9 Å². The maximum absolute atomic E-state index is 13.6. The van der Waals surface area contributed by atoms with Crippen LogP contribution in [0.2, 0.25) is 0 Å².